The first-order valence-corrected chi connectivity index (χ1v) is 11.5. The first-order valence-electron chi connectivity index (χ1n) is 11.5. The number of hydrogen-bond acceptors (Lipinski definition) is 5. The summed E-state index contributed by atoms with van der Waals surface area (Å²) in [5.41, 5.74) is 1.54. The fourth-order valence-electron chi connectivity index (χ4n) is 4.22. The molecule has 0 aliphatic heterocycles. The lowest BCUT2D eigenvalue weighted by atomic mass is 10.0. The van der Waals surface area contributed by atoms with Gasteiger partial charge in [-0.1, -0.05) is 43.2 Å². The van der Waals surface area contributed by atoms with Gasteiger partial charge in [-0.15, -0.1) is 0 Å². The molecule has 1 atom stereocenters. The zero-order chi connectivity index (χ0) is 23.8. The molecule has 1 fully saturated rings. The highest BCUT2D eigenvalue weighted by atomic mass is 16.3. The van der Waals surface area contributed by atoms with Crippen molar-refractivity contribution in [3.63, 3.8) is 0 Å². The van der Waals surface area contributed by atoms with Crippen LogP contribution in [-0.4, -0.2) is 40.2 Å². The van der Waals surface area contributed by atoms with Gasteiger partial charge in [-0.3, -0.25) is 19.4 Å². The number of carbonyl (C=O) groups is 3. The second kappa shape index (κ2) is 11.3. The number of hydrogen-bond donors (Lipinski definition) is 2. The van der Waals surface area contributed by atoms with E-state index in [2.05, 4.69) is 15.6 Å². The number of carbonyl (C=O) groups excluding carboxylic acids is 3. The summed E-state index contributed by atoms with van der Waals surface area (Å²) >= 11 is 0. The summed E-state index contributed by atoms with van der Waals surface area (Å²) in [5, 5.41) is 5.73. The maximum atomic E-state index is 13.5. The predicted octanol–water partition coefficient (Wildman–Crippen LogP) is 3.23. The summed E-state index contributed by atoms with van der Waals surface area (Å²) in [4.78, 5) is 44.9. The largest absolute Gasteiger partial charge is 0.459 e. The Hall–Kier alpha value is -3.94. The molecule has 2 heterocycles. The smallest absolute Gasteiger partial charge is 0.287 e. The molecule has 2 N–H and O–H groups in total. The normalized spacial score (nSPS) is 14.4. The fourth-order valence-corrected chi connectivity index (χ4v) is 4.22. The second-order valence-electron chi connectivity index (χ2n) is 8.34. The van der Waals surface area contributed by atoms with E-state index in [0.29, 0.717) is 5.56 Å². The highest BCUT2D eigenvalue weighted by Gasteiger charge is 2.33. The Morgan fingerprint density at radius 3 is 2.41 bits per heavy atom. The predicted molar refractivity (Wildman–Crippen MR) is 125 cm³/mol. The van der Waals surface area contributed by atoms with Crippen molar-refractivity contribution in [1.82, 2.24) is 20.5 Å². The van der Waals surface area contributed by atoms with E-state index >= 15 is 0 Å². The monoisotopic (exact) mass is 460 g/mol. The minimum absolute atomic E-state index is 0.101. The highest BCUT2D eigenvalue weighted by molar-refractivity contribution is 5.95. The van der Waals surface area contributed by atoms with Crippen LogP contribution in [0.2, 0.25) is 0 Å². The summed E-state index contributed by atoms with van der Waals surface area (Å²) in [6, 6.07) is 15.3. The number of rotatable bonds is 9. The summed E-state index contributed by atoms with van der Waals surface area (Å²) in [6.07, 6.45) is 8.63. The van der Waals surface area contributed by atoms with Gasteiger partial charge >= 0.3 is 0 Å². The van der Waals surface area contributed by atoms with Crippen LogP contribution in [0.3, 0.4) is 0 Å². The molecule has 1 aromatic carbocycles. The zero-order valence-corrected chi connectivity index (χ0v) is 18.9. The van der Waals surface area contributed by atoms with Crippen molar-refractivity contribution >= 4 is 17.7 Å². The topological polar surface area (TPSA) is 105 Å². The van der Waals surface area contributed by atoms with E-state index in [-0.39, 0.29) is 36.7 Å². The van der Waals surface area contributed by atoms with Gasteiger partial charge in [0.05, 0.1) is 12.8 Å². The van der Waals surface area contributed by atoms with E-state index in [4.69, 9.17) is 4.42 Å². The Morgan fingerprint density at radius 2 is 1.74 bits per heavy atom. The van der Waals surface area contributed by atoms with E-state index in [1.54, 1.807) is 30.6 Å². The van der Waals surface area contributed by atoms with Crippen molar-refractivity contribution in [2.45, 2.75) is 44.3 Å². The van der Waals surface area contributed by atoms with Gasteiger partial charge in [-0.2, -0.15) is 0 Å². The van der Waals surface area contributed by atoms with Gasteiger partial charge < -0.3 is 20.0 Å². The number of nitrogens with one attached hydrogen (secondary N) is 2. The molecule has 4 rings (SSSR count). The molecule has 3 amide bonds. The summed E-state index contributed by atoms with van der Waals surface area (Å²) in [5.74, 6) is -0.993. The second-order valence-corrected chi connectivity index (χ2v) is 8.34. The third-order valence-corrected chi connectivity index (χ3v) is 5.94. The lowest BCUT2D eigenvalue weighted by Gasteiger charge is -2.32. The Balaban J connectivity index is 1.60. The Bertz CT molecular complexity index is 1080. The van der Waals surface area contributed by atoms with Crippen LogP contribution in [0.1, 0.15) is 53.4 Å². The summed E-state index contributed by atoms with van der Waals surface area (Å²) < 4.78 is 5.11. The Kier molecular flexibility index (Phi) is 7.70. The molecule has 176 valence electrons. The Morgan fingerprint density at radius 1 is 1.00 bits per heavy atom. The van der Waals surface area contributed by atoms with Gasteiger partial charge in [0, 0.05) is 25.0 Å². The SMILES string of the molecule is O=C(NCC(=O)N(Cc1ccccc1)[C@@H](C(=O)NC1CCCC1)c1ccncc1)c1ccco1. The molecule has 0 unspecified atom stereocenters. The Labute approximate surface area is 198 Å². The quantitative estimate of drug-likeness (QED) is 0.510. The van der Waals surface area contributed by atoms with Crippen LogP contribution in [0.4, 0.5) is 0 Å². The number of furan rings is 1. The van der Waals surface area contributed by atoms with Gasteiger partial charge in [-0.25, -0.2) is 0 Å². The van der Waals surface area contributed by atoms with Gasteiger partial charge in [-0.05, 0) is 48.2 Å². The fraction of sp³-hybridized carbons (Fsp3) is 0.308. The molecule has 1 aliphatic carbocycles. The standard InChI is InChI=1S/C26H28N4O4/c31-23(17-28-25(32)22-11-6-16-34-22)30(18-19-7-2-1-3-8-19)24(20-12-14-27-15-13-20)26(33)29-21-9-4-5-10-21/h1-3,6-8,11-16,21,24H,4-5,9-10,17-18H2,(H,28,32)(H,29,33)/t24-/m1/s1. The molecular weight excluding hydrogens is 432 g/mol. The maximum Gasteiger partial charge on any atom is 0.287 e. The van der Waals surface area contributed by atoms with Gasteiger partial charge in [0.2, 0.25) is 11.8 Å². The molecule has 2 aromatic heterocycles. The number of benzene rings is 1. The van der Waals surface area contributed by atoms with Crippen LogP contribution in [0.5, 0.6) is 0 Å². The lowest BCUT2D eigenvalue weighted by molar-refractivity contribution is -0.141. The number of amides is 3. The number of aromatic nitrogens is 1. The third kappa shape index (κ3) is 5.89. The van der Waals surface area contributed by atoms with E-state index < -0.39 is 11.9 Å². The van der Waals surface area contributed by atoms with E-state index in [1.165, 1.54) is 17.2 Å². The van der Waals surface area contributed by atoms with Crippen molar-refractivity contribution in [3.8, 4) is 0 Å². The maximum absolute atomic E-state index is 13.5. The average molecular weight is 461 g/mol. The molecule has 34 heavy (non-hydrogen) atoms. The molecule has 0 bridgehead atoms. The van der Waals surface area contributed by atoms with Crippen molar-refractivity contribution in [3.05, 3.63) is 90.1 Å². The lowest BCUT2D eigenvalue weighted by Crippen LogP contribution is -2.48. The molecule has 0 spiro atoms. The average Bonchev–Trinajstić information content (AvgIpc) is 3.58. The van der Waals surface area contributed by atoms with Crippen LogP contribution < -0.4 is 10.6 Å². The first-order chi connectivity index (χ1) is 16.6. The van der Waals surface area contributed by atoms with E-state index in [9.17, 15) is 14.4 Å². The minimum Gasteiger partial charge on any atom is -0.459 e. The molecule has 0 radical (unpaired) electrons. The summed E-state index contributed by atoms with van der Waals surface area (Å²) in [7, 11) is 0. The van der Waals surface area contributed by atoms with Gasteiger partial charge in [0.15, 0.2) is 5.76 Å². The van der Waals surface area contributed by atoms with E-state index in [0.717, 1.165) is 31.2 Å². The van der Waals surface area contributed by atoms with Crippen molar-refractivity contribution < 1.29 is 18.8 Å². The molecule has 0 saturated heterocycles. The molecule has 8 heteroatoms. The van der Waals surface area contributed by atoms with Crippen LogP contribution >= 0.6 is 0 Å². The highest BCUT2D eigenvalue weighted by Crippen LogP contribution is 2.25. The van der Waals surface area contributed by atoms with Gasteiger partial charge in [0.25, 0.3) is 5.91 Å². The van der Waals surface area contributed by atoms with Crippen LogP contribution in [0.25, 0.3) is 0 Å². The van der Waals surface area contributed by atoms with Crippen molar-refractivity contribution in [2.24, 2.45) is 0 Å². The van der Waals surface area contributed by atoms with Crippen molar-refractivity contribution in [2.75, 3.05) is 6.54 Å². The van der Waals surface area contributed by atoms with E-state index in [1.807, 2.05) is 30.3 Å². The van der Waals surface area contributed by atoms with Crippen LogP contribution in [0, 0.1) is 0 Å². The summed E-state index contributed by atoms with van der Waals surface area (Å²) in [6.45, 7) is -0.0635. The molecule has 8 nitrogen and oxygen atoms in total. The zero-order valence-electron chi connectivity index (χ0n) is 18.9. The van der Waals surface area contributed by atoms with Crippen molar-refractivity contribution in [1.29, 1.82) is 0 Å². The third-order valence-electron chi connectivity index (χ3n) is 5.94. The first kappa shape index (κ1) is 23.2. The van der Waals surface area contributed by atoms with Crippen LogP contribution in [0.15, 0.2) is 77.7 Å². The molecular formula is C26H28N4O4. The number of nitrogens with zero attached hydrogens (tertiary/aromatic N) is 2. The minimum atomic E-state index is -0.864. The number of pyridine rings is 1. The molecule has 3 aromatic rings. The molecule has 1 saturated carbocycles. The molecule has 1 aliphatic rings. The van der Waals surface area contributed by atoms with Gasteiger partial charge in [0.1, 0.15) is 6.04 Å². The van der Waals surface area contributed by atoms with Crippen LogP contribution in [-0.2, 0) is 16.1 Å².